The second-order valence-corrected chi connectivity index (χ2v) is 4.86. The fourth-order valence-electron chi connectivity index (χ4n) is 2.77. The summed E-state index contributed by atoms with van der Waals surface area (Å²) >= 11 is 0. The number of rotatable bonds is 0. The SMILES string of the molecule is Oc1cc2ccccc2c2cc3ccccc3cc12. The van der Waals surface area contributed by atoms with Crippen molar-refractivity contribution in [1.82, 2.24) is 0 Å². The number of hydrogen-bond acceptors (Lipinski definition) is 1. The first kappa shape index (κ1) is 10.4. The van der Waals surface area contributed by atoms with Gasteiger partial charge in [-0.15, -0.1) is 0 Å². The minimum atomic E-state index is 0.347. The van der Waals surface area contributed by atoms with Gasteiger partial charge >= 0.3 is 0 Å². The van der Waals surface area contributed by atoms with E-state index in [2.05, 4.69) is 30.3 Å². The molecule has 1 nitrogen and oxygen atoms in total. The summed E-state index contributed by atoms with van der Waals surface area (Å²) in [6.45, 7) is 0. The summed E-state index contributed by atoms with van der Waals surface area (Å²) in [6.07, 6.45) is 0. The molecule has 0 atom stereocenters. The van der Waals surface area contributed by atoms with Crippen molar-refractivity contribution in [3.05, 3.63) is 66.7 Å². The molecule has 0 saturated carbocycles. The molecule has 4 aromatic rings. The van der Waals surface area contributed by atoms with Crippen LogP contribution in [0, 0.1) is 0 Å². The standard InChI is InChI=1S/C18H12O/c19-18-11-14-7-3-4-8-15(14)16-9-12-5-1-2-6-13(12)10-17(16)18/h1-11,19H. The molecule has 4 aromatic carbocycles. The van der Waals surface area contributed by atoms with Crippen LogP contribution in [0.2, 0.25) is 0 Å². The molecule has 0 aliphatic carbocycles. The summed E-state index contributed by atoms with van der Waals surface area (Å²) in [7, 11) is 0. The molecular formula is C18H12O. The lowest BCUT2D eigenvalue weighted by Gasteiger charge is -2.08. The topological polar surface area (TPSA) is 20.2 Å². The minimum Gasteiger partial charge on any atom is -0.507 e. The molecule has 0 bridgehead atoms. The first-order chi connectivity index (χ1) is 9.33. The number of fused-ring (bicyclic) bond motifs is 4. The van der Waals surface area contributed by atoms with E-state index >= 15 is 0 Å². The average Bonchev–Trinajstić information content (AvgIpc) is 2.46. The van der Waals surface area contributed by atoms with Crippen molar-refractivity contribution in [2.45, 2.75) is 0 Å². The van der Waals surface area contributed by atoms with Crippen LogP contribution in [0.25, 0.3) is 32.3 Å². The molecule has 0 aromatic heterocycles. The van der Waals surface area contributed by atoms with Gasteiger partial charge in [0.1, 0.15) is 5.75 Å². The van der Waals surface area contributed by atoms with E-state index in [1.54, 1.807) is 0 Å². The van der Waals surface area contributed by atoms with Crippen LogP contribution in [0.3, 0.4) is 0 Å². The minimum absolute atomic E-state index is 0.347. The lowest BCUT2D eigenvalue weighted by molar-refractivity contribution is 0.482. The molecule has 90 valence electrons. The fraction of sp³-hybridized carbons (Fsp3) is 0. The Balaban J connectivity index is 2.30. The van der Waals surface area contributed by atoms with E-state index in [1.165, 1.54) is 10.8 Å². The first-order valence-corrected chi connectivity index (χ1v) is 6.36. The van der Waals surface area contributed by atoms with Crippen molar-refractivity contribution in [3.63, 3.8) is 0 Å². The Morgan fingerprint density at radius 2 is 1.11 bits per heavy atom. The monoisotopic (exact) mass is 244 g/mol. The second kappa shape index (κ2) is 3.72. The van der Waals surface area contributed by atoms with Gasteiger partial charge in [0.25, 0.3) is 0 Å². The number of phenols is 1. The van der Waals surface area contributed by atoms with Crippen LogP contribution >= 0.6 is 0 Å². The van der Waals surface area contributed by atoms with Gasteiger partial charge in [0, 0.05) is 5.39 Å². The smallest absolute Gasteiger partial charge is 0.124 e. The summed E-state index contributed by atoms with van der Waals surface area (Å²) < 4.78 is 0. The molecule has 0 aliphatic rings. The van der Waals surface area contributed by atoms with Gasteiger partial charge in [-0.25, -0.2) is 0 Å². The van der Waals surface area contributed by atoms with E-state index in [0.717, 1.165) is 21.5 Å². The third-order valence-electron chi connectivity index (χ3n) is 3.70. The van der Waals surface area contributed by atoms with Crippen molar-refractivity contribution in [2.24, 2.45) is 0 Å². The fourth-order valence-corrected chi connectivity index (χ4v) is 2.77. The maximum absolute atomic E-state index is 10.2. The Kier molecular flexibility index (Phi) is 2.04. The molecule has 4 rings (SSSR count). The number of hydrogen-bond donors (Lipinski definition) is 1. The summed E-state index contributed by atoms with van der Waals surface area (Å²) in [5.74, 6) is 0.347. The third-order valence-corrected chi connectivity index (χ3v) is 3.70. The highest BCUT2D eigenvalue weighted by atomic mass is 16.3. The normalized spacial score (nSPS) is 11.4. The largest absolute Gasteiger partial charge is 0.507 e. The summed E-state index contributed by atoms with van der Waals surface area (Å²) in [4.78, 5) is 0. The molecule has 0 amide bonds. The van der Waals surface area contributed by atoms with E-state index < -0.39 is 0 Å². The van der Waals surface area contributed by atoms with Crippen molar-refractivity contribution in [3.8, 4) is 5.75 Å². The number of phenolic OH excluding ortho intramolecular Hbond substituents is 1. The predicted octanol–water partition coefficient (Wildman–Crippen LogP) is 4.85. The van der Waals surface area contributed by atoms with Crippen LogP contribution in [-0.2, 0) is 0 Å². The van der Waals surface area contributed by atoms with Gasteiger partial charge in [-0.2, -0.15) is 0 Å². The van der Waals surface area contributed by atoms with Crippen LogP contribution in [0.4, 0.5) is 0 Å². The summed E-state index contributed by atoms with van der Waals surface area (Å²) in [5, 5.41) is 16.9. The van der Waals surface area contributed by atoms with Crippen molar-refractivity contribution in [1.29, 1.82) is 0 Å². The molecule has 0 spiro atoms. The van der Waals surface area contributed by atoms with Gasteiger partial charge in [-0.05, 0) is 45.1 Å². The van der Waals surface area contributed by atoms with E-state index in [1.807, 2.05) is 36.4 Å². The van der Waals surface area contributed by atoms with Crippen LogP contribution in [0.15, 0.2) is 66.7 Å². The van der Waals surface area contributed by atoms with E-state index in [0.29, 0.717) is 5.75 Å². The molecule has 1 heteroatoms. The van der Waals surface area contributed by atoms with Crippen molar-refractivity contribution < 1.29 is 5.11 Å². The average molecular weight is 244 g/mol. The Hall–Kier alpha value is -2.54. The van der Waals surface area contributed by atoms with Gasteiger partial charge in [-0.1, -0.05) is 48.5 Å². The van der Waals surface area contributed by atoms with Crippen LogP contribution in [0.1, 0.15) is 0 Å². The zero-order chi connectivity index (χ0) is 12.8. The molecular weight excluding hydrogens is 232 g/mol. The maximum Gasteiger partial charge on any atom is 0.124 e. The predicted molar refractivity (Wildman–Crippen MR) is 80.6 cm³/mol. The number of aromatic hydroxyl groups is 1. The second-order valence-electron chi connectivity index (χ2n) is 4.86. The molecule has 0 saturated heterocycles. The van der Waals surface area contributed by atoms with Crippen LogP contribution in [0.5, 0.6) is 5.75 Å². The Labute approximate surface area is 110 Å². The van der Waals surface area contributed by atoms with Crippen LogP contribution in [-0.4, -0.2) is 5.11 Å². The highest BCUT2D eigenvalue weighted by Crippen LogP contribution is 2.35. The molecule has 0 unspecified atom stereocenters. The lowest BCUT2D eigenvalue weighted by Crippen LogP contribution is -1.80. The molecule has 0 fully saturated rings. The lowest BCUT2D eigenvalue weighted by atomic mass is 9.97. The number of benzene rings is 4. The third kappa shape index (κ3) is 1.48. The van der Waals surface area contributed by atoms with Gasteiger partial charge in [0.15, 0.2) is 0 Å². The van der Waals surface area contributed by atoms with E-state index in [9.17, 15) is 5.11 Å². The summed E-state index contributed by atoms with van der Waals surface area (Å²) in [6, 6.07) is 22.5. The van der Waals surface area contributed by atoms with Gasteiger partial charge in [0.05, 0.1) is 0 Å². The zero-order valence-electron chi connectivity index (χ0n) is 10.3. The molecule has 0 radical (unpaired) electrons. The van der Waals surface area contributed by atoms with E-state index in [-0.39, 0.29) is 0 Å². The highest BCUT2D eigenvalue weighted by Gasteiger charge is 2.06. The van der Waals surface area contributed by atoms with Crippen LogP contribution < -0.4 is 0 Å². The zero-order valence-corrected chi connectivity index (χ0v) is 10.3. The molecule has 0 aliphatic heterocycles. The van der Waals surface area contributed by atoms with Gasteiger partial charge in [0.2, 0.25) is 0 Å². The van der Waals surface area contributed by atoms with Gasteiger partial charge in [-0.3, -0.25) is 0 Å². The molecule has 0 heterocycles. The van der Waals surface area contributed by atoms with E-state index in [4.69, 9.17) is 0 Å². The Bertz CT molecular complexity index is 922. The summed E-state index contributed by atoms with van der Waals surface area (Å²) in [5.41, 5.74) is 0. The Morgan fingerprint density at radius 3 is 1.84 bits per heavy atom. The molecule has 1 N–H and O–H groups in total. The molecule has 19 heavy (non-hydrogen) atoms. The quantitative estimate of drug-likeness (QED) is 0.346. The van der Waals surface area contributed by atoms with Gasteiger partial charge < -0.3 is 5.11 Å². The maximum atomic E-state index is 10.2. The van der Waals surface area contributed by atoms with Crippen molar-refractivity contribution >= 4 is 32.3 Å². The van der Waals surface area contributed by atoms with Crippen molar-refractivity contribution in [2.75, 3.05) is 0 Å². The first-order valence-electron chi connectivity index (χ1n) is 6.36. The Morgan fingerprint density at radius 1 is 0.526 bits per heavy atom. The highest BCUT2D eigenvalue weighted by molar-refractivity contribution is 6.14.